The molecule has 6 aliphatic rings. The third kappa shape index (κ3) is 22.8. The van der Waals surface area contributed by atoms with E-state index in [0.717, 1.165) is 18.5 Å². The topological polar surface area (TPSA) is 340 Å². The van der Waals surface area contributed by atoms with Gasteiger partial charge in [0.15, 0.2) is 29.5 Å². The molecule has 2 bridgehead atoms. The number of rotatable bonds is 24. The minimum atomic E-state index is -2.50. The zero-order valence-corrected chi connectivity index (χ0v) is 69.8. The number of ketones is 3. The Kier molecular flexibility index (Phi) is 33.8. The van der Waals surface area contributed by atoms with Crippen molar-refractivity contribution in [3.63, 3.8) is 0 Å². The minimum absolute atomic E-state index is 0.0268. The number of phenols is 2. The second kappa shape index (κ2) is 41.7. The fraction of sp³-hybridized carbons (Fsp3) is 0.713. The van der Waals surface area contributed by atoms with Crippen LogP contribution < -0.4 is 5.63 Å². The van der Waals surface area contributed by atoms with E-state index < -0.39 is 154 Å². The summed E-state index contributed by atoms with van der Waals surface area (Å²) >= 11 is 0. The molecule has 0 spiro atoms. The lowest BCUT2D eigenvalue weighted by Crippen LogP contribution is -2.61. The predicted octanol–water partition coefficient (Wildman–Crippen LogP) is 11.6. The molecule has 113 heavy (non-hydrogen) atoms. The summed E-state index contributed by atoms with van der Waals surface area (Å²) in [4.78, 5) is 134. The molecule has 8 rings (SSSR count). The summed E-state index contributed by atoms with van der Waals surface area (Å²) in [6.07, 6.45) is 11.6. The van der Waals surface area contributed by atoms with Crippen LogP contribution in [-0.2, 0) is 94.1 Å². The first-order valence-corrected chi connectivity index (χ1v) is 41.0. The molecule has 2 saturated carbocycles. The summed E-state index contributed by atoms with van der Waals surface area (Å²) in [5, 5.41) is 47.6. The van der Waals surface area contributed by atoms with Crippen molar-refractivity contribution >= 4 is 57.9 Å². The number of unbranched alkanes of at least 4 members (excludes halogenated alkanes) is 3. The van der Waals surface area contributed by atoms with Crippen LogP contribution in [0.2, 0.25) is 0 Å². The van der Waals surface area contributed by atoms with E-state index in [1.807, 2.05) is 84.1 Å². The third-order valence-electron chi connectivity index (χ3n) is 24.8. The van der Waals surface area contributed by atoms with Crippen LogP contribution in [0, 0.1) is 40.9 Å². The van der Waals surface area contributed by atoms with Gasteiger partial charge < -0.3 is 82.2 Å². The second-order valence-electron chi connectivity index (χ2n) is 33.8. The maximum Gasteiger partial charge on any atom is 0.341 e. The molecule has 630 valence electrons. The van der Waals surface area contributed by atoms with Crippen molar-refractivity contribution in [1.29, 1.82) is 0 Å². The van der Waals surface area contributed by atoms with E-state index >= 15 is 0 Å². The van der Waals surface area contributed by atoms with Gasteiger partial charge in [0.25, 0.3) is 11.7 Å². The van der Waals surface area contributed by atoms with Crippen molar-refractivity contribution in [3.05, 3.63) is 80.5 Å². The number of cyclic esters (lactones) is 1. The van der Waals surface area contributed by atoms with E-state index in [1.165, 1.54) is 26.0 Å². The van der Waals surface area contributed by atoms with Gasteiger partial charge in [-0.1, -0.05) is 90.8 Å². The van der Waals surface area contributed by atoms with E-state index in [4.69, 9.17) is 47.0 Å². The van der Waals surface area contributed by atoms with Gasteiger partial charge in [-0.2, -0.15) is 0 Å². The average molecular weight is 1580 g/mol. The van der Waals surface area contributed by atoms with Crippen molar-refractivity contribution in [1.82, 2.24) is 14.7 Å². The van der Waals surface area contributed by atoms with Gasteiger partial charge in [-0.15, -0.1) is 0 Å². The molecule has 0 unspecified atom stereocenters. The van der Waals surface area contributed by atoms with Gasteiger partial charge in [0.2, 0.25) is 5.79 Å². The van der Waals surface area contributed by atoms with Gasteiger partial charge in [0.1, 0.15) is 42.5 Å². The van der Waals surface area contributed by atoms with Crippen LogP contribution in [0.1, 0.15) is 238 Å². The zero-order chi connectivity index (χ0) is 82.9. The number of aliphatic hydroxyl groups excluding tert-OH is 1. The Hall–Kier alpha value is -7.01. The molecule has 4 N–H and O–H groups in total. The lowest BCUT2D eigenvalue weighted by Gasteiger charge is -2.44. The molecule has 26 heteroatoms. The maximum atomic E-state index is 14.9. The first-order chi connectivity index (χ1) is 53.6. The summed E-state index contributed by atoms with van der Waals surface area (Å²) in [7, 11) is 11.7. The Labute approximate surface area is 667 Å². The number of allylic oxidation sites excluding steroid dienone is 6. The molecule has 2 saturated heterocycles. The van der Waals surface area contributed by atoms with Crippen molar-refractivity contribution in [2.24, 2.45) is 40.9 Å². The Balaban J connectivity index is 0.987. The molecule has 19 atom stereocenters. The van der Waals surface area contributed by atoms with Crippen molar-refractivity contribution in [3.8, 4) is 11.5 Å². The monoisotopic (exact) mass is 1580 g/mol. The third-order valence-corrected chi connectivity index (χ3v) is 24.8. The number of nitrogens with zero attached hydrogens (tertiary/aromatic N) is 3. The van der Waals surface area contributed by atoms with Crippen molar-refractivity contribution in [2.75, 3.05) is 69.2 Å². The summed E-state index contributed by atoms with van der Waals surface area (Å²) in [6, 6.07) is -1.23. The Bertz CT molecular complexity index is 3840. The Morgan fingerprint density at radius 2 is 1.44 bits per heavy atom. The van der Waals surface area contributed by atoms with Crippen LogP contribution in [0.5, 0.6) is 11.5 Å². The highest BCUT2D eigenvalue weighted by Gasteiger charge is 2.58. The lowest BCUT2D eigenvalue weighted by atomic mass is 9.63. The Morgan fingerprint density at radius 1 is 0.735 bits per heavy atom. The zero-order valence-electron chi connectivity index (χ0n) is 69.8. The van der Waals surface area contributed by atoms with Gasteiger partial charge in [-0.3, -0.25) is 33.6 Å². The van der Waals surface area contributed by atoms with E-state index in [0.29, 0.717) is 125 Å². The number of hydrogen-bond acceptors (Lipinski definition) is 25. The fourth-order valence-electron chi connectivity index (χ4n) is 18.3. The summed E-state index contributed by atoms with van der Waals surface area (Å²) in [5.74, 6) is -12.1. The normalized spacial score (nSPS) is 31.2. The smallest absolute Gasteiger partial charge is 0.341 e. The first kappa shape index (κ1) is 91.5. The number of benzene rings is 1. The SMILES string of the molecule is COCc1oc(=O)c(CN(C)CCCN(C)C)c2c(O)c(O)c3c(c12)[C@H](OC(C)=O)C[C@]1(C)[C@@H](OC(=O)CCCCCCC(=O)O[C@@H]2C(C)=C[C@@H](C)C(=O)C[C@@H]([C@H](C)C[C@@H]4CC[C@@H](O)[C@H](OC)C4)OC(=O)[C@@H]4CCCCN4C(=O)C(=O)[C@]4(O)O[C@@H](CC[C@H]4C)C[C@H](OC)C(C)=CC=CC=C[C@@H](C)C[C@@H](C)C(=O)[C@@H]2OC)CC[C@@H]31. The summed E-state index contributed by atoms with van der Waals surface area (Å²) in [5.41, 5.74) is 0.439. The summed E-state index contributed by atoms with van der Waals surface area (Å²) in [6.45, 7) is 17.1. The molecule has 1 amide bonds. The second-order valence-corrected chi connectivity index (χ2v) is 33.8. The number of carbonyl (C=O) groups is 8. The molecule has 4 heterocycles. The highest BCUT2D eigenvalue weighted by molar-refractivity contribution is 6.39. The van der Waals surface area contributed by atoms with Crippen LogP contribution in [0.15, 0.2) is 56.8 Å². The number of phenolic OH excluding ortho intramolecular Hbond substituents is 2. The van der Waals surface area contributed by atoms with Gasteiger partial charge in [0.05, 0.1) is 30.0 Å². The van der Waals surface area contributed by atoms with Crippen LogP contribution in [-0.4, -0.2) is 212 Å². The quantitative estimate of drug-likeness (QED) is 0.0189. The van der Waals surface area contributed by atoms with Crippen molar-refractivity contribution in [2.45, 2.75) is 289 Å². The molecule has 0 radical (unpaired) electrons. The number of piperidine rings is 1. The van der Waals surface area contributed by atoms with Crippen LogP contribution in [0.4, 0.5) is 0 Å². The maximum absolute atomic E-state index is 14.9. The fourth-order valence-corrected chi connectivity index (χ4v) is 18.3. The van der Waals surface area contributed by atoms with Crippen LogP contribution in [0.25, 0.3) is 10.8 Å². The van der Waals surface area contributed by atoms with E-state index in [2.05, 4.69) is 4.90 Å². The number of esters is 4. The molecule has 1 aromatic carbocycles. The number of fused-ring (bicyclic) bond motifs is 8. The average Bonchev–Trinajstić information content (AvgIpc) is 1.68. The number of methoxy groups -OCH3 is 4. The molecule has 26 nitrogen and oxygen atoms in total. The molecular weight excluding hydrogens is 1450 g/mol. The molecule has 3 aliphatic carbocycles. The van der Waals surface area contributed by atoms with E-state index in [9.17, 15) is 63.6 Å². The van der Waals surface area contributed by atoms with Crippen molar-refractivity contribution < 1.29 is 106 Å². The number of amides is 1. The van der Waals surface area contributed by atoms with E-state index in [1.54, 1.807) is 48.0 Å². The number of ether oxygens (including phenoxy) is 9. The number of aliphatic hydroxyl groups is 2. The minimum Gasteiger partial charge on any atom is -0.504 e. The van der Waals surface area contributed by atoms with Gasteiger partial charge in [-0.25, -0.2) is 9.59 Å². The molecule has 4 fully saturated rings. The number of Topliss-reactive ketones (excluding diaryl/α,β-unsaturated/α-hetero) is 3. The predicted molar refractivity (Wildman–Crippen MR) is 422 cm³/mol. The van der Waals surface area contributed by atoms with Crippen LogP contribution in [0.3, 0.4) is 0 Å². The highest BCUT2D eigenvalue weighted by atomic mass is 16.6. The molecule has 2 aromatic rings. The molecular formula is C87H129N3O23. The molecule has 1 aromatic heterocycles. The number of hydrogen-bond donors (Lipinski definition) is 4. The lowest BCUT2D eigenvalue weighted by molar-refractivity contribution is -0.265. The standard InChI is InChI=1S/C87H129N3O23/c1-50-27-20-19-21-28-51(2)65(105-14)45-59-34-32-56(7)87(103,113-59)82(99)83(100)90-40-25-24-29-62(90)85(102)109-66(53(4)43-58-33-36-63(92)67(44-58)106-15)46-64(93)52(3)42-55(6)80(81(107-16)77(96)54(5)41-50)112-72(95)31-23-18-17-22-30-71(94)111-70-37-35-61-74-75(68(108-57(8)91)47-86(61,70)9)76-69(49-104-13)110-84(101)60(73(76)78(97)79(74)98)48-89(12)39-26-38-88(10)11/h19-21,27-28,42,50,52-54,56,58-59,61-63,65-68,70,80-81,92,97-98,103H,17-18,22-26,29-41,43-49H2,1-16H3/t50-,52-,53-,54-,56-,58+,59+,61+,62+,63-,65+,66+,67-,68-,70+,80-,81+,86+,87-/m1/s1. The van der Waals surface area contributed by atoms with Gasteiger partial charge >= 0.3 is 29.5 Å². The molecule has 3 aliphatic heterocycles. The van der Waals surface area contributed by atoms with Gasteiger partial charge in [-0.05, 0) is 186 Å². The summed E-state index contributed by atoms with van der Waals surface area (Å²) < 4.78 is 60.4. The highest BCUT2D eigenvalue weighted by Crippen LogP contribution is 2.64. The van der Waals surface area contributed by atoms with Gasteiger partial charge in [0, 0.05) is 119 Å². The van der Waals surface area contributed by atoms with E-state index in [-0.39, 0.29) is 98.3 Å². The Morgan fingerprint density at radius 3 is 2.11 bits per heavy atom. The number of aromatic hydroxyl groups is 2. The first-order valence-electron chi connectivity index (χ1n) is 41.0. The largest absolute Gasteiger partial charge is 0.504 e. The van der Waals surface area contributed by atoms with Crippen LogP contribution >= 0.6 is 0 Å². The number of carbonyl (C=O) groups excluding carboxylic acids is 8.